The Bertz CT molecular complexity index is 1510. The third-order valence-electron chi connectivity index (χ3n) is 10.2. The molecule has 0 aromatic heterocycles. The summed E-state index contributed by atoms with van der Waals surface area (Å²) in [6.07, 6.45) is 75.4. The molecule has 0 radical (unpaired) electrons. The molecule has 0 aliphatic heterocycles. The molecular weight excluding hydrogens is 817 g/mol. The van der Waals surface area contributed by atoms with E-state index in [9.17, 15) is 14.4 Å². The molecule has 0 rings (SSSR count). The quantitative estimate of drug-likeness (QED) is 0.0199. The predicted octanol–water partition coefficient (Wildman–Crippen LogP) is 17.3. The summed E-state index contributed by atoms with van der Waals surface area (Å²) >= 11 is 0. The van der Waals surface area contributed by atoms with Crippen LogP contribution in [0.5, 0.6) is 0 Å². The van der Waals surface area contributed by atoms with Crippen LogP contribution in [0.1, 0.15) is 194 Å². The molecule has 0 N–H and O–H groups in total. The Hall–Kier alpha value is -4.71. The van der Waals surface area contributed by atoms with Crippen molar-refractivity contribution in [3.8, 4) is 0 Å². The van der Waals surface area contributed by atoms with Crippen LogP contribution in [0.2, 0.25) is 0 Å². The van der Waals surface area contributed by atoms with Crippen LogP contribution in [0.15, 0.2) is 146 Å². The summed E-state index contributed by atoms with van der Waals surface area (Å²) in [4.78, 5) is 38.0. The fourth-order valence-corrected chi connectivity index (χ4v) is 6.41. The minimum Gasteiger partial charge on any atom is -0.462 e. The van der Waals surface area contributed by atoms with E-state index in [0.717, 1.165) is 122 Å². The molecule has 368 valence electrons. The van der Waals surface area contributed by atoms with Crippen LogP contribution in [-0.4, -0.2) is 37.2 Å². The zero-order chi connectivity index (χ0) is 47.9. The third-order valence-corrected chi connectivity index (χ3v) is 10.2. The van der Waals surface area contributed by atoms with Crippen molar-refractivity contribution in [2.75, 3.05) is 13.2 Å². The molecule has 6 nitrogen and oxygen atoms in total. The molecule has 0 saturated heterocycles. The number of unbranched alkanes of at least 4 members (excludes halogenated alkanes) is 13. The van der Waals surface area contributed by atoms with Crippen LogP contribution in [0.25, 0.3) is 0 Å². The molecule has 0 aliphatic rings. The molecular formula is C60H92O6. The zero-order valence-electron chi connectivity index (χ0n) is 41.9. The fourth-order valence-electron chi connectivity index (χ4n) is 6.41. The Morgan fingerprint density at radius 3 is 1.05 bits per heavy atom. The van der Waals surface area contributed by atoms with Gasteiger partial charge in [-0.25, -0.2) is 0 Å². The standard InChI is InChI=1S/C60H92O6/c1-4-7-10-13-16-19-22-25-28-29-30-31-33-35-38-41-44-47-50-53-59(62)65-56-57(55-64-58(61)52-49-46-43-40-37-34-27-24-21-18-15-12-9-6-3)66-60(63)54-51-48-45-42-39-36-32-26-23-20-17-14-11-8-5-2/h7-12,14,16-21,23,25-26,28,30-32,35-36,38-39,57H,4-6,13,15,22,24,27,29,33-34,37,40-56H2,1-3H3/b10-7-,11-8-,12-9-,17-14-,19-16-,21-18-,23-20-,28-25-,31-30-,32-26-,38-35-,39-36-. The molecule has 66 heavy (non-hydrogen) atoms. The van der Waals surface area contributed by atoms with Crippen LogP contribution in [0.4, 0.5) is 0 Å². The van der Waals surface area contributed by atoms with Gasteiger partial charge in [-0.15, -0.1) is 0 Å². The second-order valence-corrected chi connectivity index (χ2v) is 16.4. The number of rotatable bonds is 44. The van der Waals surface area contributed by atoms with Crippen molar-refractivity contribution in [1.29, 1.82) is 0 Å². The highest BCUT2D eigenvalue weighted by Crippen LogP contribution is 2.13. The van der Waals surface area contributed by atoms with Crippen molar-refractivity contribution < 1.29 is 28.6 Å². The molecule has 1 atom stereocenters. The van der Waals surface area contributed by atoms with Gasteiger partial charge >= 0.3 is 17.9 Å². The van der Waals surface area contributed by atoms with E-state index in [1.54, 1.807) is 0 Å². The van der Waals surface area contributed by atoms with E-state index < -0.39 is 6.10 Å². The Morgan fingerprint density at radius 1 is 0.318 bits per heavy atom. The van der Waals surface area contributed by atoms with Gasteiger partial charge in [-0.05, 0) is 109 Å². The van der Waals surface area contributed by atoms with Gasteiger partial charge in [0.05, 0.1) is 0 Å². The normalized spacial score (nSPS) is 13.3. The Balaban J connectivity index is 4.56. The highest BCUT2D eigenvalue weighted by atomic mass is 16.6. The van der Waals surface area contributed by atoms with Gasteiger partial charge in [0.2, 0.25) is 0 Å². The lowest BCUT2D eigenvalue weighted by molar-refractivity contribution is -0.167. The van der Waals surface area contributed by atoms with E-state index in [-0.39, 0.29) is 37.5 Å². The molecule has 0 heterocycles. The van der Waals surface area contributed by atoms with Gasteiger partial charge in [0, 0.05) is 19.3 Å². The summed E-state index contributed by atoms with van der Waals surface area (Å²) in [6.45, 7) is 6.18. The average Bonchev–Trinajstić information content (AvgIpc) is 3.31. The number of hydrogen-bond donors (Lipinski definition) is 0. The summed E-state index contributed by atoms with van der Waals surface area (Å²) < 4.78 is 16.7. The smallest absolute Gasteiger partial charge is 0.306 e. The van der Waals surface area contributed by atoms with Crippen molar-refractivity contribution in [3.05, 3.63) is 146 Å². The maximum atomic E-state index is 12.8. The number of hydrogen-bond acceptors (Lipinski definition) is 6. The first kappa shape index (κ1) is 61.3. The molecule has 0 fully saturated rings. The SMILES string of the molecule is CC\C=C/C=C\C=C/C=C\C=C/CCCCCC(=O)OC(COC(=O)CCCCC/C=C\C/C=C\C/C=C\C/C=C\C/C=C\CC)COC(=O)CCCCCCCCC/C=C\C/C=C\CC. The first-order valence-corrected chi connectivity index (χ1v) is 25.9. The third kappa shape index (κ3) is 50.3. The number of esters is 3. The van der Waals surface area contributed by atoms with Crippen molar-refractivity contribution in [1.82, 2.24) is 0 Å². The number of ether oxygens (including phenoxy) is 3. The zero-order valence-corrected chi connectivity index (χ0v) is 41.9. The molecule has 0 aliphatic carbocycles. The van der Waals surface area contributed by atoms with Crippen molar-refractivity contribution >= 4 is 17.9 Å². The molecule has 6 heteroatoms. The summed E-state index contributed by atoms with van der Waals surface area (Å²) in [7, 11) is 0. The average molecular weight is 909 g/mol. The first-order chi connectivity index (χ1) is 32.5. The minimum absolute atomic E-state index is 0.117. The summed E-state index contributed by atoms with van der Waals surface area (Å²) in [5, 5.41) is 0. The van der Waals surface area contributed by atoms with E-state index in [4.69, 9.17) is 14.2 Å². The van der Waals surface area contributed by atoms with Crippen LogP contribution in [0, 0.1) is 0 Å². The molecule has 0 spiro atoms. The molecule has 0 saturated carbocycles. The van der Waals surface area contributed by atoms with Gasteiger partial charge in [-0.2, -0.15) is 0 Å². The lowest BCUT2D eigenvalue weighted by atomic mass is 10.1. The molecule has 0 bridgehead atoms. The van der Waals surface area contributed by atoms with Gasteiger partial charge < -0.3 is 14.2 Å². The molecule has 0 aromatic carbocycles. The number of allylic oxidation sites excluding steroid dienone is 24. The van der Waals surface area contributed by atoms with Crippen LogP contribution in [0.3, 0.4) is 0 Å². The second-order valence-electron chi connectivity index (χ2n) is 16.4. The largest absolute Gasteiger partial charge is 0.462 e. The van der Waals surface area contributed by atoms with E-state index in [0.29, 0.717) is 19.3 Å². The lowest BCUT2D eigenvalue weighted by Gasteiger charge is -2.18. The minimum atomic E-state index is -0.824. The van der Waals surface area contributed by atoms with Gasteiger partial charge in [-0.3, -0.25) is 14.4 Å². The monoisotopic (exact) mass is 909 g/mol. The highest BCUT2D eigenvalue weighted by molar-refractivity contribution is 5.71. The summed E-state index contributed by atoms with van der Waals surface area (Å²) in [6, 6.07) is 0. The van der Waals surface area contributed by atoms with Gasteiger partial charge in [-0.1, -0.05) is 212 Å². The highest BCUT2D eigenvalue weighted by Gasteiger charge is 2.19. The van der Waals surface area contributed by atoms with Crippen LogP contribution >= 0.6 is 0 Å². The predicted molar refractivity (Wildman–Crippen MR) is 283 cm³/mol. The van der Waals surface area contributed by atoms with E-state index in [2.05, 4.69) is 118 Å². The first-order valence-electron chi connectivity index (χ1n) is 25.9. The molecule has 1 unspecified atom stereocenters. The fraction of sp³-hybridized carbons (Fsp3) is 0.550. The van der Waals surface area contributed by atoms with E-state index in [1.165, 1.54) is 25.7 Å². The Kier molecular flexibility index (Phi) is 49.1. The number of carbonyl (C=O) groups excluding carboxylic acids is 3. The van der Waals surface area contributed by atoms with E-state index >= 15 is 0 Å². The van der Waals surface area contributed by atoms with Gasteiger partial charge in [0.15, 0.2) is 6.10 Å². The molecule has 0 amide bonds. The van der Waals surface area contributed by atoms with E-state index in [1.807, 2.05) is 48.6 Å². The number of carbonyl (C=O) groups is 3. The van der Waals surface area contributed by atoms with Crippen molar-refractivity contribution in [3.63, 3.8) is 0 Å². The lowest BCUT2D eigenvalue weighted by Crippen LogP contribution is -2.30. The maximum Gasteiger partial charge on any atom is 0.306 e. The second kappa shape index (κ2) is 52.9. The van der Waals surface area contributed by atoms with Crippen molar-refractivity contribution in [2.45, 2.75) is 200 Å². The summed E-state index contributed by atoms with van der Waals surface area (Å²) in [5.74, 6) is -1.01. The van der Waals surface area contributed by atoms with Gasteiger partial charge in [0.1, 0.15) is 13.2 Å². The Morgan fingerprint density at radius 2 is 0.621 bits per heavy atom. The topological polar surface area (TPSA) is 78.9 Å². The van der Waals surface area contributed by atoms with Gasteiger partial charge in [0.25, 0.3) is 0 Å². The van der Waals surface area contributed by atoms with Crippen molar-refractivity contribution in [2.24, 2.45) is 0 Å². The van der Waals surface area contributed by atoms with Crippen LogP contribution in [-0.2, 0) is 28.6 Å². The Labute approximate surface area is 404 Å². The maximum absolute atomic E-state index is 12.8. The molecule has 0 aromatic rings. The van der Waals surface area contributed by atoms with Crippen LogP contribution < -0.4 is 0 Å². The summed E-state index contributed by atoms with van der Waals surface area (Å²) in [5.41, 5.74) is 0.